The number of hydrogen-bond acceptors (Lipinski definition) is 6. The Bertz CT molecular complexity index is 889. The average Bonchev–Trinajstić information content (AvgIpc) is 3.33. The molecule has 6 nitrogen and oxygen atoms in total. The van der Waals surface area contributed by atoms with Crippen molar-refractivity contribution in [3.8, 4) is 0 Å². The van der Waals surface area contributed by atoms with E-state index in [4.69, 9.17) is 13.6 Å². The predicted octanol–water partition coefficient (Wildman–Crippen LogP) is 3.62. The van der Waals surface area contributed by atoms with Crippen LogP contribution < -0.4 is 0 Å². The lowest BCUT2D eigenvalue weighted by atomic mass is 9.71. The molecule has 134 valence electrons. The van der Waals surface area contributed by atoms with Gasteiger partial charge in [-0.1, -0.05) is 0 Å². The number of allylic oxidation sites excluding steroid dienone is 2. The SMILES string of the molecule is COC(=O)C1C(C)=NC2=C(C(=O)C[C@@H](c3ccco3)C2)[C@H]1c1ccco1. The number of Topliss-reactive ketones (excluding diaryl/α,β-unsaturated/α-hetero) is 1. The fraction of sp³-hybridized carbons (Fsp3) is 0.350. The van der Waals surface area contributed by atoms with Gasteiger partial charge in [0, 0.05) is 35.7 Å². The maximum absolute atomic E-state index is 13.0. The van der Waals surface area contributed by atoms with E-state index in [-0.39, 0.29) is 11.7 Å². The van der Waals surface area contributed by atoms with Crippen molar-refractivity contribution < 1.29 is 23.2 Å². The lowest BCUT2D eigenvalue weighted by Crippen LogP contribution is -2.37. The second-order valence-electron chi connectivity index (χ2n) is 6.65. The molecule has 0 N–H and O–H groups in total. The first-order valence-electron chi connectivity index (χ1n) is 8.56. The van der Waals surface area contributed by atoms with Gasteiger partial charge in [0.1, 0.15) is 17.4 Å². The number of ketones is 1. The van der Waals surface area contributed by atoms with E-state index in [2.05, 4.69) is 4.99 Å². The van der Waals surface area contributed by atoms with E-state index in [9.17, 15) is 9.59 Å². The molecule has 3 heterocycles. The molecule has 0 spiro atoms. The van der Waals surface area contributed by atoms with Crippen molar-refractivity contribution in [3.05, 3.63) is 59.6 Å². The Hall–Kier alpha value is -2.89. The number of ether oxygens (including phenoxy) is 1. The van der Waals surface area contributed by atoms with Crippen molar-refractivity contribution in [1.82, 2.24) is 0 Å². The predicted molar refractivity (Wildman–Crippen MR) is 92.8 cm³/mol. The highest BCUT2D eigenvalue weighted by Gasteiger charge is 2.46. The molecule has 3 atom stereocenters. The number of aliphatic imine (C=N–C) groups is 1. The molecule has 0 fully saturated rings. The van der Waals surface area contributed by atoms with Gasteiger partial charge in [0.2, 0.25) is 0 Å². The summed E-state index contributed by atoms with van der Waals surface area (Å²) < 4.78 is 16.0. The van der Waals surface area contributed by atoms with Gasteiger partial charge in [-0.15, -0.1) is 0 Å². The minimum atomic E-state index is -0.658. The number of furan rings is 2. The Morgan fingerprint density at radius 2 is 1.85 bits per heavy atom. The van der Waals surface area contributed by atoms with E-state index in [1.807, 2.05) is 12.1 Å². The molecule has 0 aromatic carbocycles. The van der Waals surface area contributed by atoms with E-state index < -0.39 is 17.8 Å². The van der Waals surface area contributed by atoms with Gasteiger partial charge in [-0.2, -0.15) is 0 Å². The standard InChI is InChI=1S/C20H19NO5/c1-11-17(20(23)24-2)19(16-6-4-8-26-16)18-13(21-11)9-12(10-14(18)22)15-5-3-7-25-15/h3-8,12,17,19H,9-10H2,1-2H3/t12-,17?,19-/m0/s1. The minimum Gasteiger partial charge on any atom is -0.469 e. The van der Waals surface area contributed by atoms with Crippen LogP contribution in [0.4, 0.5) is 0 Å². The summed E-state index contributed by atoms with van der Waals surface area (Å²) in [5.74, 6) is -0.294. The Kier molecular flexibility index (Phi) is 4.11. The summed E-state index contributed by atoms with van der Waals surface area (Å²) in [6, 6.07) is 7.24. The number of carbonyl (C=O) groups is 2. The van der Waals surface area contributed by atoms with Gasteiger partial charge in [0.25, 0.3) is 0 Å². The summed E-state index contributed by atoms with van der Waals surface area (Å²) in [6.07, 6.45) is 4.07. The van der Waals surface area contributed by atoms with Crippen molar-refractivity contribution in [3.63, 3.8) is 0 Å². The number of esters is 1. The van der Waals surface area contributed by atoms with Crippen LogP contribution in [0, 0.1) is 5.92 Å². The number of nitrogens with zero attached hydrogens (tertiary/aromatic N) is 1. The smallest absolute Gasteiger partial charge is 0.315 e. The third-order valence-electron chi connectivity index (χ3n) is 5.14. The maximum Gasteiger partial charge on any atom is 0.315 e. The molecule has 0 saturated carbocycles. The summed E-state index contributed by atoms with van der Waals surface area (Å²) in [4.78, 5) is 30.1. The topological polar surface area (TPSA) is 82.0 Å². The van der Waals surface area contributed by atoms with Crippen molar-refractivity contribution in [1.29, 1.82) is 0 Å². The highest BCUT2D eigenvalue weighted by atomic mass is 16.5. The number of rotatable bonds is 3. The van der Waals surface area contributed by atoms with Gasteiger partial charge in [0.15, 0.2) is 5.78 Å². The highest BCUT2D eigenvalue weighted by Crippen LogP contribution is 2.46. The van der Waals surface area contributed by atoms with Crippen molar-refractivity contribution >= 4 is 17.5 Å². The van der Waals surface area contributed by atoms with Crippen LogP contribution in [-0.4, -0.2) is 24.6 Å². The van der Waals surface area contributed by atoms with Crippen molar-refractivity contribution in [2.45, 2.75) is 31.6 Å². The van der Waals surface area contributed by atoms with E-state index in [0.29, 0.717) is 35.6 Å². The van der Waals surface area contributed by atoms with Gasteiger partial charge in [-0.05, 0) is 31.2 Å². The van der Waals surface area contributed by atoms with Gasteiger partial charge >= 0.3 is 5.97 Å². The van der Waals surface area contributed by atoms with Crippen molar-refractivity contribution in [2.75, 3.05) is 7.11 Å². The Morgan fingerprint density at radius 1 is 1.15 bits per heavy atom. The molecular formula is C20H19NO5. The molecule has 0 amide bonds. The zero-order valence-electron chi connectivity index (χ0n) is 14.6. The third kappa shape index (κ3) is 2.62. The molecule has 4 rings (SSSR count). The molecule has 6 heteroatoms. The molecule has 26 heavy (non-hydrogen) atoms. The van der Waals surface area contributed by atoms with Crippen LogP contribution >= 0.6 is 0 Å². The van der Waals surface area contributed by atoms with E-state index in [0.717, 1.165) is 5.76 Å². The summed E-state index contributed by atoms with van der Waals surface area (Å²) in [5, 5.41) is 0. The van der Waals surface area contributed by atoms with Crippen molar-refractivity contribution in [2.24, 2.45) is 10.9 Å². The van der Waals surface area contributed by atoms with E-state index >= 15 is 0 Å². The zero-order valence-corrected chi connectivity index (χ0v) is 14.6. The molecular weight excluding hydrogens is 334 g/mol. The largest absolute Gasteiger partial charge is 0.469 e. The lowest BCUT2D eigenvalue weighted by Gasteiger charge is -2.34. The number of methoxy groups -OCH3 is 1. The molecule has 2 aromatic heterocycles. The van der Waals surface area contributed by atoms with E-state index in [1.165, 1.54) is 7.11 Å². The summed E-state index contributed by atoms with van der Waals surface area (Å²) >= 11 is 0. The van der Waals surface area contributed by atoms with Crippen LogP contribution in [0.3, 0.4) is 0 Å². The van der Waals surface area contributed by atoms with Gasteiger partial charge in [-0.25, -0.2) is 0 Å². The first-order chi connectivity index (χ1) is 12.6. The van der Waals surface area contributed by atoms with Gasteiger partial charge in [0.05, 0.1) is 25.6 Å². The monoisotopic (exact) mass is 353 g/mol. The Balaban J connectivity index is 1.80. The highest BCUT2D eigenvalue weighted by molar-refractivity contribution is 6.08. The van der Waals surface area contributed by atoms with Crippen LogP contribution in [0.15, 0.2) is 61.9 Å². The Labute approximate surface area is 150 Å². The second-order valence-corrected chi connectivity index (χ2v) is 6.65. The second kappa shape index (κ2) is 6.44. The normalized spacial score (nSPS) is 25.7. The fourth-order valence-corrected chi connectivity index (χ4v) is 3.99. The molecule has 1 aliphatic carbocycles. The van der Waals surface area contributed by atoms with Crippen LogP contribution in [-0.2, 0) is 14.3 Å². The van der Waals surface area contributed by atoms with Crippen LogP contribution in [0.1, 0.15) is 43.1 Å². The molecule has 0 saturated heterocycles. The summed E-state index contributed by atoms with van der Waals surface area (Å²) in [6.45, 7) is 1.79. The van der Waals surface area contributed by atoms with Gasteiger partial charge < -0.3 is 13.6 Å². The molecule has 0 bridgehead atoms. The molecule has 1 aliphatic heterocycles. The zero-order chi connectivity index (χ0) is 18.3. The van der Waals surface area contributed by atoms with Crippen LogP contribution in [0.5, 0.6) is 0 Å². The minimum absolute atomic E-state index is 0.0285. The van der Waals surface area contributed by atoms with Gasteiger partial charge in [-0.3, -0.25) is 14.6 Å². The summed E-state index contributed by atoms with van der Waals surface area (Å²) in [7, 11) is 1.34. The molecule has 0 radical (unpaired) electrons. The van der Waals surface area contributed by atoms with Crippen LogP contribution in [0.2, 0.25) is 0 Å². The first kappa shape index (κ1) is 16.6. The number of carbonyl (C=O) groups excluding carboxylic acids is 2. The molecule has 1 unspecified atom stereocenters. The Morgan fingerprint density at radius 3 is 2.46 bits per heavy atom. The average molecular weight is 353 g/mol. The third-order valence-corrected chi connectivity index (χ3v) is 5.14. The van der Waals surface area contributed by atoms with E-state index in [1.54, 1.807) is 31.6 Å². The molecule has 2 aliphatic rings. The lowest BCUT2D eigenvalue weighted by molar-refractivity contribution is -0.143. The number of hydrogen-bond donors (Lipinski definition) is 0. The quantitative estimate of drug-likeness (QED) is 0.787. The maximum atomic E-state index is 13.0. The fourth-order valence-electron chi connectivity index (χ4n) is 3.99. The first-order valence-corrected chi connectivity index (χ1v) is 8.56. The van der Waals surface area contributed by atoms with Crippen LogP contribution in [0.25, 0.3) is 0 Å². The summed E-state index contributed by atoms with van der Waals surface area (Å²) in [5.41, 5.74) is 1.90. The molecule has 2 aromatic rings.